The zero-order valence-electron chi connectivity index (χ0n) is 8.28. The van der Waals surface area contributed by atoms with E-state index in [9.17, 15) is 0 Å². The summed E-state index contributed by atoms with van der Waals surface area (Å²) in [5.41, 5.74) is 1.16. The van der Waals surface area contributed by atoms with Crippen molar-refractivity contribution in [2.24, 2.45) is 0 Å². The van der Waals surface area contributed by atoms with Crippen LogP contribution >= 0.6 is 11.6 Å². The van der Waals surface area contributed by atoms with Gasteiger partial charge in [-0.25, -0.2) is 0 Å². The fourth-order valence-electron chi connectivity index (χ4n) is 1.68. The van der Waals surface area contributed by atoms with Gasteiger partial charge in [0.05, 0.1) is 6.20 Å². The number of halogens is 1. The van der Waals surface area contributed by atoms with Crippen molar-refractivity contribution in [3.8, 4) is 0 Å². The number of piperidine rings is 1. The molecule has 1 aliphatic rings. The van der Waals surface area contributed by atoms with E-state index in [0.717, 1.165) is 37.3 Å². The van der Waals surface area contributed by atoms with Crippen molar-refractivity contribution in [3.63, 3.8) is 0 Å². The number of hydrogen-bond donors (Lipinski definition) is 0. The normalized spacial score (nSPS) is 18.6. The number of anilines is 1. The molecule has 0 N–H and O–H groups in total. The van der Waals surface area contributed by atoms with Crippen LogP contribution < -0.4 is 4.90 Å². The summed E-state index contributed by atoms with van der Waals surface area (Å²) in [6.45, 7) is 4.02. The number of aromatic nitrogens is 2. The van der Waals surface area contributed by atoms with Crippen LogP contribution in [0.3, 0.4) is 0 Å². The second-order valence-corrected chi connectivity index (χ2v) is 4.37. The van der Waals surface area contributed by atoms with Gasteiger partial charge in [0.1, 0.15) is 0 Å². The molecule has 76 valence electrons. The van der Waals surface area contributed by atoms with Gasteiger partial charge in [0.2, 0.25) is 0 Å². The van der Waals surface area contributed by atoms with E-state index in [4.69, 9.17) is 11.6 Å². The molecule has 3 nitrogen and oxygen atoms in total. The lowest BCUT2D eigenvalue weighted by Crippen LogP contribution is -2.34. The third-order valence-corrected chi connectivity index (χ3v) is 2.96. The summed E-state index contributed by atoms with van der Waals surface area (Å²) in [4.78, 5) is 2.25. The number of hydrogen-bond acceptors (Lipinski definition) is 3. The molecule has 0 aliphatic carbocycles. The van der Waals surface area contributed by atoms with Crippen LogP contribution in [0.1, 0.15) is 18.4 Å². The first kappa shape index (κ1) is 9.71. The van der Waals surface area contributed by atoms with Crippen LogP contribution in [0.4, 0.5) is 5.82 Å². The predicted molar refractivity (Wildman–Crippen MR) is 57.9 cm³/mol. The van der Waals surface area contributed by atoms with Gasteiger partial charge in [-0.3, -0.25) is 0 Å². The molecule has 0 bridgehead atoms. The van der Waals surface area contributed by atoms with Crippen molar-refractivity contribution in [2.45, 2.75) is 25.1 Å². The quantitative estimate of drug-likeness (QED) is 0.666. The monoisotopic (exact) mass is 211 g/mol. The molecule has 0 saturated carbocycles. The van der Waals surface area contributed by atoms with E-state index in [-0.39, 0.29) is 0 Å². The standard InChI is InChI=1S/C10H14ClN3/c1-8-6-10(13-12-7-8)14-4-2-9(11)3-5-14/h6-7,9H,2-5H2,1H3. The second kappa shape index (κ2) is 4.13. The highest BCUT2D eigenvalue weighted by molar-refractivity contribution is 6.20. The molecule has 1 aromatic heterocycles. The fraction of sp³-hybridized carbons (Fsp3) is 0.600. The van der Waals surface area contributed by atoms with Crippen LogP contribution in [0.5, 0.6) is 0 Å². The Morgan fingerprint density at radius 2 is 2.14 bits per heavy atom. The van der Waals surface area contributed by atoms with Crippen molar-refractivity contribution in [1.82, 2.24) is 10.2 Å². The number of nitrogens with zero attached hydrogens (tertiary/aromatic N) is 3. The smallest absolute Gasteiger partial charge is 0.151 e. The average molecular weight is 212 g/mol. The Bertz CT molecular complexity index is 308. The van der Waals surface area contributed by atoms with E-state index in [1.807, 2.05) is 6.92 Å². The molecule has 1 aliphatic heterocycles. The molecule has 2 rings (SSSR count). The number of aryl methyl sites for hydroxylation is 1. The largest absolute Gasteiger partial charge is 0.355 e. The van der Waals surface area contributed by atoms with Gasteiger partial charge in [0.15, 0.2) is 5.82 Å². The first-order valence-corrected chi connectivity index (χ1v) is 5.38. The Morgan fingerprint density at radius 1 is 1.43 bits per heavy atom. The summed E-state index contributed by atoms with van der Waals surface area (Å²) >= 11 is 6.04. The van der Waals surface area contributed by atoms with Gasteiger partial charge < -0.3 is 4.90 Å². The van der Waals surface area contributed by atoms with Crippen LogP contribution in [0, 0.1) is 6.92 Å². The topological polar surface area (TPSA) is 29.0 Å². The Morgan fingerprint density at radius 3 is 2.79 bits per heavy atom. The average Bonchev–Trinajstić information content (AvgIpc) is 2.19. The summed E-state index contributed by atoms with van der Waals surface area (Å²) in [5.74, 6) is 0.980. The van der Waals surface area contributed by atoms with Crippen LogP contribution in [0.25, 0.3) is 0 Å². The van der Waals surface area contributed by atoms with Crippen LogP contribution in [0.15, 0.2) is 12.3 Å². The molecule has 4 heteroatoms. The molecule has 0 atom stereocenters. The van der Waals surface area contributed by atoms with Gasteiger partial charge in [-0.2, -0.15) is 5.10 Å². The van der Waals surface area contributed by atoms with Gasteiger partial charge in [-0.15, -0.1) is 16.7 Å². The molecule has 1 saturated heterocycles. The maximum Gasteiger partial charge on any atom is 0.151 e. The molecule has 1 aromatic rings. The zero-order chi connectivity index (χ0) is 9.97. The molecule has 0 aromatic carbocycles. The maximum atomic E-state index is 6.04. The summed E-state index contributed by atoms with van der Waals surface area (Å²) in [7, 11) is 0. The van der Waals surface area contributed by atoms with Gasteiger partial charge in [-0.05, 0) is 31.4 Å². The van der Waals surface area contributed by atoms with E-state index in [1.165, 1.54) is 0 Å². The molecule has 0 amide bonds. The molecule has 1 fully saturated rings. The highest BCUT2D eigenvalue weighted by Crippen LogP contribution is 2.20. The summed E-state index contributed by atoms with van der Waals surface area (Å²) in [6.07, 6.45) is 3.85. The molecule has 0 spiro atoms. The van der Waals surface area contributed by atoms with E-state index in [2.05, 4.69) is 21.2 Å². The van der Waals surface area contributed by atoms with Crippen molar-refractivity contribution >= 4 is 17.4 Å². The van der Waals surface area contributed by atoms with Gasteiger partial charge >= 0.3 is 0 Å². The highest BCUT2D eigenvalue weighted by Gasteiger charge is 2.18. The third kappa shape index (κ3) is 2.15. The lowest BCUT2D eigenvalue weighted by Gasteiger charge is -2.29. The van der Waals surface area contributed by atoms with E-state index >= 15 is 0 Å². The SMILES string of the molecule is Cc1cnnc(N2CCC(Cl)CC2)c1. The van der Waals surface area contributed by atoms with Crippen molar-refractivity contribution in [1.29, 1.82) is 0 Å². The summed E-state index contributed by atoms with van der Waals surface area (Å²) < 4.78 is 0. The lowest BCUT2D eigenvalue weighted by atomic mass is 10.1. The maximum absolute atomic E-state index is 6.04. The van der Waals surface area contributed by atoms with Crippen molar-refractivity contribution in [2.75, 3.05) is 18.0 Å². The fourth-order valence-corrected chi connectivity index (χ4v) is 1.88. The molecular weight excluding hydrogens is 198 g/mol. The highest BCUT2D eigenvalue weighted by atomic mass is 35.5. The van der Waals surface area contributed by atoms with E-state index < -0.39 is 0 Å². The second-order valence-electron chi connectivity index (χ2n) is 3.75. The van der Waals surface area contributed by atoms with Crippen LogP contribution in [-0.4, -0.2) is 28.7 Å². The number of rotatable bonds is 1. The molecular formula is C10H14ClN3. The molecule has 2 heterocycles. The van der Waals surface area contributed by atoms with Crippen molar-refractivity contribution in [3.05, 3.63) is 17.8 Å². The van der Waals surface area contributed by atoms with Gasteiger partial charge in [0, 0.05) is 18.5 Å². The minimum atomic E-state index is 0.337. The Kier molecular flexibility index (Phi) is 2.87. The lowest BCUT2D eigenvalue weighted by molar-refractivity contribution is 0.578. The van der Waals surface area contributed by atoms with Crippen molar-refractivity contribution < 1.29 is 0 Å². The van der Waals surface area contributed by atoms with Crippen LogP contribution in [-0.2, 0) is 0 Å². The van der Waals surface area contributed by atoms with E-state index in [0.29, 0.717) is 5.38 Å². The summed E-state index contributed by atoms with van der Waals surface area (Å²) in [6, 6.07) is 2.07. The summed E-state index contributed by atoms with van der Waals surface area (Å²) in [5, 5.41) is 8.41. The van der Waals surface area contributed by atoms with Gasteiger partial charge in [-0.1, -0.05) is 0 Å². The number of alkyl halides is 1. The minimum absolute atomic E-state index is 0.337. The first-order chi connectivity index (χ1) is 6.75. The van der Waals surface area contributed by atoms with Gasteiger partial charge in [0.25, 0.3) is 0 Å². The Hall–Kier alpha value is -0.830. The molecule has 14 heavy (non-hydrogen) atoms. The predicted octanol–water partition coefficient (Wildman–Crippen LogP) is 1.99. The van der Waals surface area contributed by atoms with Crippen LogP contribution in [0.2, 0.25) is 0 Å². The minimum Gasteiger partial charge on any atom is -0.355 e. The first-order valence-electron chi connectivity index (χ1n) is 4.94. The molecule has 0 unspecified atom stereocenters. The van der Waals surface area contributed by atoms with E-state index in [1.54, 1.807) is 6.20 Å². The third-order valence-electron chi connectivity index (χ3n) is 2.53. The zero-order valence-corrected chi connectivity index (χ0v) is 9.04. The molecule has 0 radical (unpaired) electrons. The Labute approximate surface area is 89.1 Å². The Balaban J connectivity index is 2.08.